The lowest BCUT2D eigenvalue weighted by Crippen LogP contribution is -2.45. The first kappa shape index (κ1) is 68.8. The maximum absolute atomic E-state index is 12.5. The number of hydrogen-bond acceptors (Lipinski definition) is 3. The van der Waals surface area contributed by atoms with Crippen LogP contribution in [0, 0.1) is 0 Å². The van der Waals surface area contributed by atoms with Gasteiger partial charge in [0.25, 0.3) is 0 Å². The van der Waals surface area contributed by atoms with E-state index < -0.39 is 12.1 Å². The van der Waals surface area contributed by atoms with Crippen LogP contribution >= 0.6 is 0 Å². The minimum Gasteiger partial charge on any atom is -0.394 e. The van der Waals surface area contributed by atoms with Crippen LogP contribution in [0.1, 0.15) is 328 Å². The minimum absolute atomic E-state index is 0.0266. The van der Waals surface area contributed by atoms with E-state index >= 15 is 0 Å². The van der Waals surface area contributed by atoms with E-state index in [0.717, 1.165) is 64.2 Å². The van der Waals surface area contributed by atoms with Crippen molar-refractivity contribution >= 4 is 5.91 Å². The number of nitrogens with one attached hydrogen (secondary N) is 1. The molecule has 0 saturated carbocycles. The molecule has 0 spiro atoms. The molecule has 0 aliphatic carbocycles. The summed E-state index contributed by atoms with van der Waals surface area (Å²) >= 11 is 0. The van der Waals surface area contributed by atoms with Gasteiger partial charge in [0.2, 0.25) is 5.91 Å². The molecule has 0 saturated heterocycles. The molecule has 0 radical (unpaired) electrons. The molecule has 71 heavy (non-hydrogen) atoms. The van der Waals surface area contributed by atoms with Gasteiger partial charge < -0.3 is 15.5 Å². The van der Waals surface area contributed by atoms with E-state index in [2.05, 4.69) is 92.1 Å². The molecule has 0 bridgehead atoms. The third kappa shape index (κ3) is 58.6. The zero-order chi connectivity index (χ0) is 51.3. The average Bonchev–Trinajstić information content (AvgIpc) is 3.37. The van der Waals surface area contributed by atoms with Crippen LogP contribution in [0.5, 0.6) is 0 Å². The topological polar surface area (TPSA) is 69.6 Å². The fourth-order valence-electron chi connectivity index (χ4n) is 9.72. The second kappa shape index (κ2) is 62.1. The van der Waals surface area contributed by atoms with Gasteiger partial charge in [-0.15, -0.1) is 0 Å². The number of carbonyl (C=O) groups excluding carboxylic acids is 1. The maximum atomic E-state index is 12.5. The number of hydrogen-bond donors (Lipinski definition) is 3. The standard InChI is InChI=1S/C67H123NO3/c1-3-5-7-9-11-13-15-17-19-21-23-25-26-27-28-29-30-31-32-33-34-35-36-37-38-39-40-41-42-43-45-47-49-51-53-55-57-59-61-63-67(71)68-65(64-69)66(70)62-60-58-56-54-52-50-48-46-44-24-22-20-18-16-14-12-10-8-6-4-2/h5,7,11,13,17,19,23,25,27-28,30-31,65-66,69-70H,3-4,6,8-10,12,14-16,18,20-22,24,26,29,32-64H2,1-2H3,(H,68,71)/b7-5-,13-11-,19-17-,25-23-,28-27-,31-30-. The SMILES string of the molecule is CC/C=C\C/C=C\C/C=C\C/C=C\C/C=C\C/C=C\CCCCCCCCCCCCCCCCCCCCCCC(=O)NC(CO)C(O)CCCCCCCCCCCCCCCCCCCCCC. The van der Waals surface area contributed by atoms with Crippen molar-refractivity contribution in [1.29, 1.82) is 0 Å². The Kier molecular flexibility index (Phi) is 60.2. The smallest absolute Gasteiger partial charge is 0.220 e. The van der Waals surface area contributed by atoms with Crippen molar-refractivity contribution in [3.05, 3.63) is 72.9 Å². The predicted octanol–water partition coefficient (Wildman–Crippen LogP) is 21.3. The molecule has 0 aromatic carbocycles. The second-order valence-electron chi connectivity index (χ2n) is 21.5. The molecule has 0 aliphatic heterocycles. The normalized spacial score (nSPS) is 13.2. The molecule has 0 rings (SSSR count). The third-order valence-electron chi connectivity index (χ3n) is 14.5. The lowest BCUT2D eigenvalue weighted by atomic mass is 10.0. The summed E-state index contributed by atoms with van der Waals surface area (Å²) in [4.78, 5) is 12.5. The Bertz CT molecular complexity index is 1210. The van der Waals surface area contributed by atoms with Crippen molar-refractivity contribution < 1.29 is 15.0 Å². The van der Waals surface area contributed by atoms with E-state index in [4.69, 9.17) is 0 Å². The van der Waals surface area contributed by atoms with Crippen LogP contribution in [-0.4, -0.2) is 34.9 Å². The lowest BCUT2D eigenvalue weighted by Gasteiger charge is -2.22. The lowest BCUT2D eigenvalue weighted by molar-refractivity contribution is -0.123. The minimum atomic E-state index is -0.661. The molecule has 1 amide bonds. The van der Waals surface area contributed by atoms with Gasteiger partial charge in [-0.05, 0) is 64.2 Å². The number of unbranched alkanes of at least 4 members (excludes halogenated alkanes) is 39. The van der Waals surface area contributed by atoms with Crippen LogP contribution in [0.2, 0.25) is 0 Å². The number of rotatable bonds is 58. The number of carbonyl (C=O) groups is 1. The van der Waals surface area contributed by atoms with Crippen LogP contribution in [0.4, 0.5) is 0 Å². The van der Waals surface area contributed by atoms with Crippen molar-refractivity contribution in [2.24, 2.45) is 0 Å². The molecule has 4 nitrogen and oxygen atoms in total. The first-order chi connectivity index (χ1) is 35.2. The van der Waals surface area contributed by atoms with Crippen molar-refractivity contribution in [2.45, 2.75) is 341 Å². The molecule has 0 aromatic heterocycles. The summed E-state index contributed by atoms with van der Waals surface area (Å²) in [6.07, 6.45) is 89.2. The summed E-state index contributed by atoms with van der Waals surface area (Å²) < 4.78 is 0. The molecule has 3 N–H and O–H groups in total. The van der Waals surface area contributed by atoms with Gasteiger partial charge in [0.15, 0.2) is 0 Å². The van der Waals surface area contributed by atoms with Crippen LogP contribution in [0.25, 0.3) is 0 Å². The molecule has 0 fully saturated rings. The molecule has 2 unspecified atom stereocenters. The fourth-order valence-corrected chi connectivity index (χ4v) is 9.72. The van der Waals surface area contributed by atoms with Gasteiger partial charge in [-0.2, -0.15) is 0 Å². The van der Waals surface area contributed by atoms with Crippen LogP contribution in [-0.2, 0) is 4.79 Å². The molecular formula is C67H123NO3. The first-order valence-electron chi connectivity index (χ1n) is 31.6. The van der Waals surface area contributed by atoms with Crippen molar-refractivity contribution in [1.82, 2.24) is 5.32 Å². The van der Waals surface area contributed by atoms with E-state index in [1.54, 1.807) is 0 Å². The van der Waals surface area contributed by atoms with Gasteiger partial charge in [0.1, 0.15) is 0 Å². The highest BCUT2D eigenvalue weighted by atomic mass is 16.3. The molecule has 0 heterocycles. The summed E-state index contributed by atoms with van der Waals surface area (Å²) in [5.41, 5.74) is 0. The Morgan fingerprint density at radius 3 is 0.930 bits per heavy atom. The van der Waals surface area contributed by atoms with E-state index in [9.17, 15) is 15.0 Å². The largest absolute Gasteiger partial charge is 0.394 e. The fraction of sp³-hybridized carbons (Fsp3) is 0.806. The van der Waals surface area contributed by atoms with Gasteiger partial charge in [-0.25, -0.2) is 0 Å². The quantitative estimate of drug-likeness (QED) is 0.0420. The van der Waals surface area contributed by atoms with E-state index in [1.165, 1.54) is 238 Å². The van der Waals surface area contributed by atoms with Crippen molar-refractivity contribution in [3.63, 3.8) is 0 Å². The monoisotopic (exact) mass is 990 g/mol. The summed E-state index contributed by atoms with van der Waals surface area (Å²) in [7, 11) is 0. The number of aliphatic hydroxyl groups is 2. The Balaban J connectivity index is 3.43. The highest BCUT2D eigenvalue weighted by molar-refractivity contribution is 5.76. The number of allylic oxidation sites excluding steroid dienone is 12. The number of aliphatic hydroxyl groups excluding tert-OH is 2. The van der Waals surface area contributed by atoms with E-state index in [-0.39, 0.29) is 12.5 Å². The van der Waals surface area contributed by atoms with Gasteiger partial charge in [-0.1, -0.05) is 331 Å². The third-order valence-corrected chi connectivity index (χ3v) is 14.5. The van der Waals surface area contributed by atoms with Gasteiger partial charge in [0.05, 0.1) is 18.8 Å². The maximum Gasteiger partial charge on any atom is 0.220 e. The first-order valence-corrected chi connectivity index (χ1v) is 31.6. The molecule has 0 aromatic rings. The van der Waals surface area contributed by atoms with Crippen LogP contribution in [0.15, 0.2) is 72.9 Å². The summed E-state index contributed by atoms with van der Waals surface area (Å²) in [6, 6.07) is -0.538. The Morgan fingerprint density at radius 1 is 0.352 bits per heavy atom. The van der Waals surface area contributed by atoms with E-state index in [1.807, 2.05) is 0 Å². The van der Waals surface area contributed by atoms with Crippen molar-refractivity contribution in [2.75, 3.05) is 6.61 Å². The van der Waals surface area contributed by atoms with Gasteiger partial charge in [-0.3, -0.25) is 4.79 Å². The molecule has 414 valence electrons. The zero-order valence-corrected chi connectivity index (χ0v) is 47.7. The van der Waals surface area contributed by atoms with Crippen LogP contribution in [0.3, 0.4) is 0 Å². The molecule has 0 aliphatic rings. The Labute approximate surface area is 444 Å². The molecule has 2 atom stereocenters. The zero-order valence-electron chi connectivity index (χ0n) is 47.7. The summed E-state index contributed by atoms with van der Waals surface area (Å²) in [6.45, 7) is 4.27. The Hall–Kier alpha value is -2.17. The molecule has 4 heteroatoms. The second-order valence-corrected chi connectivity index (χ2v) is 21.5. The van der Waals surface area contributed by atoms with Gasteiger partial charge >= 0.3 is 0 Å². The average molecular weight is 991 g/mol. The Morgan fingerprint density at radius 2 is 0.620 bits per heavy atom. The van der Waals surface area contributed by atoms with E-state index in [0.29, 0.717) is 12.8 Å². The highest BCUT2D eigenvalue weighted by Gasteiger charge is 2.20. The number of amides is 1. The summed E-state index contributed by atoms with van der Waals surface area (Å²) in [5, 5.41) is 23.4. The summed E-state index contributed by atoms with van der Waals surface area (Å²) in [5.74, 6) is -0.0266. The predicted molar refractivity (Wildman–Crippen MR) is 317 cm³/mol. The van der Waals surface area contributed by atoms with Gasteiger partial charge in [0, 0.05) is 6.42 Å². The van der Waals surface area contributed by atoms with Crippen molar-refractivity contribution in [3.8, 4) is 0 Å². The van der Waals surface area contributed by atoms with Crippen LogP contribution < -0.4 is 5.32 Å². The molecular weight excluding hydrogens is 867 g/mol. The highest BCUT2D eigenvalue weighted by Crippen LogP contribution is 2.18.